The van der Waals surface area contributed by atoms with Crippen molar-refractivity contribution in [2.24, 2.45) is 11.7 Å². The Morgan fingerprint density at radius 2 is 2.00 bits per heavy atom. The Hall–Kier alpha value is -0.240. The number of aliphatic hydroxyl groups is 3. The summed E-state index contributed by atoms with van der Waals surface area (Å²) in [7, 11) is 1.41. The van der Waals surface area contributed by atoms with E-state index in [2.05, 4.69) is 0 Å². The third kappa shape index (κ3) is 2.05. The fourth-order valence-corrected chi connectivity index (χ4v) is 1.62. The monoisotopic (exact) mass is 207 g/mol. The molecule has 0 aromatic rings. The van der Waals surface area contributed by atoms with E-state index >= 15 is 0 Å². The maximum absolute atomic E-state index is 9.68. The first-order valence-electron chi connectivity index (χ1n) is 4.49. The fourth-order valence-electron chi connectivity index (χ4n) is 1.62. The van der Waals surface area contributed by atoms with Crippen LogP contribution >= 0.6 is 0 Å². The summed E-state index contributed by atoms with van der Waals surface area (Å²) >= 11 is 0. The van der Waals surface area contributed by atoms with E-state index in [0.29, 0.717) is 0 Å². The Morgan fingerprint density at radius 3 is 2.43 bits per heavy atom. The van der Waals surface area contributed by atoms with Crippen molar-refractivity contribution in [1.82, 2.24) is 0 Å². The normalized spacial score (nSPS) is 43.9. The van der Waals surface area contributed by atoms with E-state index < -0.39 is 30.5 Å². The lowest BCUT2D eigenvalue weighted by molar-refractivity contribution is -0.255. The van der Waals surface area contributed by atoms with Crippen molar-refractivity contribution in [3.05, 3.63) is 0 Å². The van der Waals surface area contributed by atoms with Crippen molar-refractivity contribution in [3.63, 3.8) is 0 Å². The topological polar surface area (TPSA) is 105 Å². The summed E-state index contributed by atoms with van der Waals surface area (Å²) in [5.41, 5.74) is 5.61. The Bertz CT molecular complexity index is 177. The van der Waals surface area contributed by atoms with Crippen LogP contribution in [0.4, 0.5) is 0 Å². The largest absolute Gasteiger partial charge is 0.396 e. The zero-order chi connectivity index (χ0) is 10.7. The lowest BCUT2D eigenvalue weighted by Crippen LogP contribution is -2.60. The van der Waals surface area contributed by atoms with E-state index in [9.17, 15) is 5.11 Å². The molecule has 6 heteroatoms. The molecule has 5 atom stereocenters. The molecule has 0 saturated carbocycles. The molecule has 1 aliphatic rings. The average Bonchev–Trinajstić information content (AvgIpc) is 2.21. The highest BCUT2D eigenvalue weighted by Crippen LogP contribution is 2.25. The van der Waals surface area contributed by atoms with Gasteiger partial charge in [-0.05, 0) is 0 Å². The molecule has 6 nitrogen and oxygen atoms in total. The first-order chi connectivity index (χ1) is 6.65. The molecule has 84 valence electrons. The van der Waals surface area contributed by atoms with Gasteiger partial charge in [-0.25, -0.2) is 0 Å². The van der Waals surface area contributed by atoms with Gasteiger partial charge >= 0.3 is 0 Å². The molecule has 0 radical (unpaired) electrons. The van der Waals surface area contributed by atoms with Gasteiger partial charge in [0, 0.05) is 7.11 Å². The summed E-state index contributed by atoms with van der Waals surface area (Å²) in [6.45, 7) is -0.554. The van der Waals surface area contributed by atoms with Gasteiger partial charge in [-0.3, -0.25) is 0 Å². The molecule has 0 spiro atoms. The van der Waals surface area contributed by atoms with Crippen LogP contribution in [-0.4, -0.2) is 60.2 Å². The Balaban J connectivity index is 2.71. The van der Waals surface area contributed by atoms with Crippen LogP contribution in [0.5, 0.6) is 0 Å². The molecule has 0 amide bonds. The molecular formula is C8H17NO5. The first kappa shape index (κ1) is 11.8. The minimum absolute atomic E-state index is 0.272. The minimum atomic E-state index is -0.934. The summed E-state index contributed by atoms with van der Waals surface area (Å²) in [6, 6.07) is -0.705. The quantitative estimate of drug-likeness (QED) is 0.413. The van der Waals surface area contributed by atoms with Gasteiger partial charge in [0.1, 0.15) is 6.10 Å². The molecule has 1 heterocycles. The van der Waals surface area contributed by atoms with E-state index in [0.717, 1.165) is 0 Å². The van der Waals surface area contributed by atoms with Gasteiger partial charge in [0.05, 0.1) is 31.3 Å². The van der Waals surface area contributed by atoms with Crippen molar-refractivity contribution in [3.8, 4) is 0 Å². The van der Waals surface area contributed by atoms with Crippen LogP contribution < -0.4 is 5.73 Å². The number of methoxy groups -OCH3 is 1. The molecule has 0 bridgehead atoms. The second kappa shape index (κ2) is 5.01. The van der Waals surface area contributed by atoms with Gasteiger partial charge in [-0.15, -0.1) is 0 Å². The molecule has 1 aliphatic heterocycles. The smallest absolute Gasteiger partial charge is 0.165 e. The van der Waals surface area contributed by atoms with Gasteiger partial charge in [0.2, 0.25) is 0 Å². The van der Waals surface area contributed by atoms with Gasteiger partial charge in [0.15, 0.2) is 6.29 Å². The second-order valence-electron chi connectivity index (χ2n) is 3.38. The summed E-state index contributed by atoms with van der Waals surface area (Å²) in [6.07, 6.45) is -2.32. The van der Waals surface area contributed by atoms with Crippen molar-refractivity contribution < 1.29 is 24.8 Å². The fraction of sp³-hybridized carbons (Fsp3) is 1.00. The number of ether oxygens (including phenoxy) is 2. The van der Waals surface area contributed by atoms with Crippen LogP contribution in [0, 0.1) is 5.92 Å². The highest BCUT2D eigenvalue weighted by atomic mass is 16.7. The van der Waals surface area contributed by atoms with Gasteiger partial charge in [-0.2, -0.15) is 0 Å². The molecule has 0 aliphatic carbocycles. The second-order valence-corrected chi connectivity index (χ2v) is 3.38. The number of hydrogen-bond acceptors (Lipinski definition) is 6. The third-order valence-corrected chi connectivity index (χ3v) is 2.54. The Kier molecular flexibility index (Phi) is 4.24. The molecule has 0 aromatic carbocycles. The average molecular weight is 207 g/mol. The van der Waals surface area contributed by atoms with Crippen molar-refractivity contribution in [2.75, 3.05) is 20.3 Å². The molecule has 0 unspecified atom stereocenters. The van der Waals surface area contributed by atoms with E-state index in [4.69, 9.17) is 25.4 Å². The molecular weight excluding hydrogens is 190 g/mol. The van der Waals surface area contributed by atoms with Crippen LogP contribution in [0.2, 0.25) is 0 Å². The molecule has 0 aromatic heterocycles. The molecule has 14 heavy (non-hydrogen) atoms. The van der Waals surface area contributed by atoms with Gasteiger partial charge < -0.3 is 30.5 Å². The lowest BCUT2D eigenvalue weighted by atomic mass is 9.90. The van der Waals surface area contributed by atoms with E-state index in [1.165, 1.54) is 7.11 Å². The summed E-state index contributed by atoms with van der Waals surface area (Å²) in [5.74, 6) is -0.571. The van der Waals surface area contributed by atoms with Crippen LogP contribution in [0.25, 0.3) is 0 Å². The van der Waals surface area contributed by atoms with Crippen molar-refractivity contribution >= 4 is 0 Å². The molecule has 1 rings (SSSR count). The Labute approximate surface area is 82.2 Å². The zero-order valence-electron chi connectivity index (χ0n) is 8.04. The van der Waals surface area contributed by atoms with E-state index in [1.807, 2.05) is 0 Å². The van der Waals surface area contributed by atoms with Crippen LogP contribution in [-0.2, 0) is 9.47 Å². The van der Waals surface area contributed by atoms with Crippen molar-refractivity contribution in [2.45, 2.75) is 24.5 Å². The Morgan fingerprint density at radius 1 is 1.36 bits per heavy atom. The van der Waals surface area contributed by atoms with Crippen LogP contribution in [0.1, 0.15) is 0 Å². The number of rotatable bonds is 3. The SMILES string of the molecule is CO[C@H]1O[C@H](CO)[C@H](N)[C@H](O)[C@@H]1CO. The van der Waals surface area contributed by atoms with Gasteiger partial charge in [-0.1, -0.05) is 0 Å². The van der Waals surface area contributed by atoms with Gasteiger partial charge in [0.25, 0.3) is 0 Å². The standard InChI is InChI=1S/C8H17NO5/c1-13-8-4(2-10)7(12)6(9)5(3-11)14-8/h4-8,10-12H,2-3,9H2,1H3/t4-,5+,6-,7+,8-/m0/s1. The third-order valence-electron chi connectivity index (χ3n) is 2.54. The predicted molar refractivity (Wildman–Crippen MR) is 47.3 cm³/mol. The first-order valence-corrected chi connectivity index (χ1v) is 4.49. The maximum Gasteiger partial charge on any atom is 0.165 e. The van der Waals surface area contributed by atoms with Crippen LogP contribution in [0.15, 0.2) is 0 Å². The summed E-state index contributed by atoms with van der Waals surface area (Å²) < 4.78 is 10.2. The number of nitrogens with two attached hydrogens (primary N) is 1. The van der Waals surface area contributed by atoms with Crippen molar-refractivity contribution in [1.29, 1.82) is 0 Å². The van der Waals surface area contributed by atoms with E-state index in [1.54, 1.807) is 0 Å². The van der Waals surface area contributed by atoms with E-state index in [-0.39, 0.29) is 13.2 Å². The highest BCUT2D eigenvalue weighted by molar-refractivity contribution is 4.91. The van der Waals surface area contributed by atoms with Crippen LogP contribution in [0.3, 0.4) is 0 Å². The highest BCUT2D eigenvalue weighted by Gasteiger charge is 2.42. The molecule has 5 N–H and O–H groups in total. The minimum Gasteiger partial charge on any atom is -0.396 e. The predicted octanol–water partition coefficient (Wildman–Crippen LogP) is -2.35. The zero-order valence-corrected chi connectivity index (χ0v) is 8.04. The summed E-state index contributed by atoms with van der Waals surface area (Å²) in [4.78, 5) is 0. The molecule has 1 saturated heterocycles. The maximum atomic E-state index is 9.68. The molecule has 1 fully saturated rings. The number of aliphatic hydroxyl groups excluding tert-OH is 3. The lowest BCUT2D eigenvalue weighted by Gasteiger charge is -2.41. The number of hydrogen-bond donors (Lipinski definition) is 4. The summed E-state index contributed by atoms with van der Waals surface area (Å²) in [5, 5.41) is 27.6.